The number of carbonyl (C=O) groups is 1. The number of ketones is 1. The summed E-state index contributed by atoms with van der Waals surface area (Å²) in [7, 11) is 0. The van der Waals surface area contributed by atoms with Crippen LogP contribution in [0.4, 0.5) is 0 Å². The second-order valence-electron chi connectivity index (χ2n) is 4.14. The molecule has 0 N–H and O–H groups in total. The minimum absolute atomic E-state index is 0.0699. The topological polar surface area (TPSA) is 17.1 Å². The lowest BCUT2D eigenvalue weighted by Gasteiger charge is -2.02. The largest absolute Gasteiger partial charge is 0.288 e. The van der Waals surface area contributed by atoms with E-state index in [1.165, 1.54) is 11.3 Å². The molecule has 0 aliphatic carbocycles. The van der Waals surface area contributed by atoms with Gasteiger partial charge in [-0.3, -0.25) is 4.79 Å². The summed E-state index contributed by atoms with van der Waals surface area (Å²) in [5, 5.41) is 2.20. The molecule has 4 heteroatoms. The van der Waals surface area contributed by atoms with Crippen molar-refractivity contribution < 1.29 is 4.79 Å². The molecular weight excluding hydrogens is 388 g/mol. The summed E-state index contributed by atoms with van der Waals surface area (Å²) in [6.07, 6.45) is 0. The molecule has 3 rings (SSSR count). The Morgan fingerprint density at radius 1 is 0.895 bits per heavy atom. The number of fused-ring (bicyclic) bond motifs is 1. The van der Waals surface area contributed by atoms with Crippen molar-refractivity contribution >= 4 is 59.8 Å². The van der Waals surface area contributed by atoms with Gasteiger partial charge in [0.2, 0.25) is 5.78 Å². The first-order valence-corrected chi connectivity index (χ1v) is 8.03. The van der Waals surface area contributed by atoms with Crippen LogP contribution in [0.15, 0.2) is 56.8 Å². The van der Waals surface area contributed by atoms with Gasteiger partial charge in [-0.2, -0.15) is 0 Å². The number of hydrogen-bond donors (Lipinski definition) is 0. The number of rotatable bonds is 2. The number of hydrogen-bond acceptors (Lipinski definition) is 2. The van der Waals surface area contributed by atoms with Crippen molar-refractivity contribution in [3.63, 3.8) is 0 Å². The lowest BCUT2D eigenvalue weighted by molar-refractivity contribution is 0.104. The van der Waals surface area contributed by atoms with Gasteiger partial charge in [0.1, 0.15) is 0 Å². The SMILES string of the molecule is O=C(c1ccc2cc(Br)ccc2c1)c1ccc(Br)s1. The van der Waals surface area contributed by atoms with Gasteiger partial charge in [0, 0.05) is 10.0 Å². The molecule has 0 unspecified atom stereocenters. The van der Waals surface area contributed by atoms with Gasteiger partial charge in [-0.1, -0.05) is 34.1 Å². The van der Waals surface area contributed by atoms with Crippen LogP contribution in [0.1, 0.15) is 15.2 Å². The molecule has 0 aliphatic heterocycles. The van der Waals surface area contributed by atoms with Gasteiger partial charge in [-0.25, -0.2) is 0 Å². The molecular formula is C15H8Br2OS. The second kappa shape index (κ2) is 5.19. The van der Waals surface area contributed by atoms with Crippen molar-refractivity contribution in [2.24, 2.45) is 0 Å². The highest BCUT2D eigenvalue weighted by Gasteiger charge is 2.11. The summed E-state index contributed by atoms with van der Waals surface area (Å²) in [6, 6.07) is 15.6. The van der Waals surface area contributed by atoms with Crippen LogP contribution in [-0.4, -0.2) is 5.78 Å². The number of thiophene rings is 1. The van der Waals surface area contributed by atoms with Crippen LogP contribution in [0.5, 0.6) is 0 Å². The van der Waals surface area contributed by atoms with Crippen molar-refractivity contribution in [1.82, 2.24) is 0 Å². The van der Waals surface area contributed by atoms with Gasteiger partial charge >= 0.3 is 0 Å². The maximum atomic E-state index is 12.4. The van der Waals surface area contributed by atoms with Crippen LogP contribution in [0.3, 0.4) is 0 Å². The first kappa shape index (κ1) is 13.0. The molecule has 0 aliphatic rings. The molecule has 3 aromatic rings. The highest BCUT2D eigenvalue weighted by atomic mass is 79.9. The van der Waals surface area contributed by atoms with E-state index in [0.717, 1.165) is 29.5 Å². The number of carbonyl (C=O) groups excluding carboxylic acids is 1. The van der Waals surface area contributed by atoms with Crippen molar-refractivity contribution in [2.45, 2.75) is 0 Å². The molecule has 2 aromatic carbocycles. The minimum atomic E-state index is 0.0699. The fourth-order valence-electron chi connectivity index (χ4n) is 1.94. The van der Waals surface area contributed by atoms with E-state index in [1.54, 1.807) is 0 Å². The monoisotopic (exact) mass is 394 g/mol. The zero-order chi connectivity index (χ0) is 13.4. The first-order chi connectivity index (χ1) is 9.13. The summed E-state index contributed by atoms with van der Waals surface area (Å²) < 4.78 is 2.02. The van der Waals surface area contributed by atoms with Gasteiger partial charge in [-0.05, 0) is 57.0 Å². The molecule has 19 heavy (non-hydrogen) atoms. The predicted molar refractivity (Wildman–Crippen MR) is 87.1 cm³/mol. The Balaban J connectivity index is 2.06. The average Bonchev–Trinajstić information content (AvgIpc) is 2.84. The highest BCUT2D eigenvalue weighted by Crippen LogP contribution is 2.26. The number of halogens is 2. The van der Waals surface area contributed by atoms with E-state index in [9.17, 15) is 4.79 Å². The van der Waals surface area contributed by atoms with Crippen LogP contribution in [0, 0.1) is 0 Å². The van der Waals surface area contributed by atoms with Gasteiger partial charge < -0.3 is 0 Å². The van der Waals surface area contributed by atoms with E-state index >= 15 is 0 Å². The molecule has 0 spiro atoms. The molecule has 1 nitrogen and oxygen atoms in total. The summed E-state index contributed by atoms with van der Waals surface area (Å²) >= 11 is 8.29. The smallest absolute Gasteiger partial charge is 0.203 e. The molecule has 0 fully saturated rings. The summed E-state index contributed by atoms with van der Waals surface area (Å²) in [6.45, 7) is 0. The molecule has 1 heterocycles. The Kier molecular flexibility index (Phi) is 3.56. The first-order valence-electron chi connectivity index (χ1n) is 5.63. The fraction of sp³-hybridized carbons (Fsp3) is 0. The highest BCUT2D eigenvalue weighted by molar-refractivity contribution is 9.11. The van der Waals surface area contributed by atoms with E-state index in [-0.39, 0.29) is 5.78 Å². The number of benzene rings is 2. The van der Waals surface area contributed by atoms with Crippen molar-refractivity contribution in [3.05, 3.63) is 67.2 Å². The van der Waals surface area contributed by atoms with E-state index in [1.807, 2.05) is 48.5 Å². The zero-order valence-electron chi connectivity index (χ0n) is 9.69. The molecule has 0 saturated carbocycles. The molecule has 0 amide bonds. The predicted octanol–water partition coefficient (Wildman–Crippen LogP) is 5.66. The van der Waals surface area contributed by atoms with Crippen molar-refractivity contribution in [1.29, 1.82) is 0 Å². The van der Waals surface area contributed by atoms with Gasteiger partial charge in [-0.15, -0.1) is 11.3 Å². The average molecular weight is 396 g/mol. The van der Waals surface area contributed by atoms with Crippen LogP contribution < -0.4 is 0 Å². The third-order valence-electron chi connectivity index (χ3n) is 2.86. The van der Waals surface area contributed by atoms with Crippen LogP contribution in [0.25, 0.3) is 10.8 Å². The third kappa shape index (κ3) is 2.66. The Morgan fingerprint density at radius 2 is 1.63 bits per heavy atom. The zero-order valence-corrected chi connectivity index (χ0v) is 13.7. The Bertz CT molecular complexity index is 777. The van der Waals surface area contributed by atoms with Crippen LogP contribution in [-0.2, 0) is 0 Å². The standard InChI is InChI=1S/C15H8Br2OS/c16-12-4-3-9-7-11(2-1-10(9)8-12)15(18)13-5-6-14(17)19-13/h1-8H. The third-order valence-corrected chi connectivity index (χ3v) is 4.98. The van der Waals surface area contributed by atoms with Crippen LogP contribution in [0.2, 0.25) is 0 Å². The van der Waals surface area contributed by atoms with Crippen molar-refractivity contribution in [2.75, 3.05) is 0 Å². The Labute approximate surface area is 131 Å². The lowest BCUT2D eigenvalue weighted by Crippen LogP contribution is -1.97. The molecule has 0 atom stereocenters. The van der Waals surface area contributed by atoms with Gasteiger partial charge in [0.05, 0.1) is 8.66 Å². The molecule has 0 saturated heterocycles. The van der Waals surface area contributed by atoms with E-state index in [2.05, 4.69) is 31.9 Å². The van der Waals surface area contributed by atoms with Crippen molar-refractivity contribution in [3.8, 4) is 0 Å². The van der Waals surface area contributed by atoms with Gasteiger partial charge in [0.15, 0.2) is 0 Å². The van der Waals surface area contributed by atoms with E-state index < -0.39 is 0 Å². The summed E-state index contributed by atoms with van der Waals surface area (Å²) in [5.41, 5.74) is 0.726. The maximum absolute atomic E-state index is 12.4. The minimum Gasteiger partial charge on any atom is -0.288 e. The summed E-state index contributed by atoms with van der Waals surface area (Å²) in [4.78, 5) is 13.1. The lowest BCUT2D eigenvalue weighted by atomic mass is 10.0. The normalized spacial score (nSPS) is 10.8. The molecule has 0 bridgehead atoms. The summed E-state index contributed by atoms with van der Waals surface area (Å²) in [5.74, 6) is 0.0699. The quantitative estimate of drug-likeness (QED) is 0.512. The van der Waals surface area contributed by atoms with Crippen LogP contribution >= 0.6 is 43.2 Å². The maximum Gasteiger partial charge on any atom is 0.203 e. The molecule has 1 aromatic heterocycles. The van der Waals surface area contributed by atoms with Gasteiger partial charge in [0.25, 0.3) is 0 Å². The molecule has 0 radical (unpaired) electrons. The fourth-order valence-corrected chi connectivity index (χ4v) is 3.66. The Hall–Kier alpha value is -0.970. The van der Waals surface area contributed by atoms with E-state index in [4.69, 9.17) is 0 Å². The molecule has 94 valence electrons. The second-order valence-corrected chi connectivity index (χ2v) is 7.52. The Morgan fingerprint density at radius 3 is 2.37 bits per heavy atom. The van der Waals surface area contributed by atoms with E-state index in [0.29, 0.717) is 0 Å².